The average Bonchev–Trinajstić information content (AvgIpc) is 2.69. The quantitative estimate of drug-likeness (QED) is 0.715. The van der Waals surface area contributed by atoms with Crippen LogP contribution in [0.5, 0.6) is 0 Å². The van der Waals surface area contributed by atoms with E-state index in [1.54, 1.807) is 12.1 Å². The lowest BCUT2D eigenvalue weighted by molar-refractivity contribution is -0.137. The van der Waals surface area contributed by atoms with Crippen LogP contribution in [0, 0.1) is 0 Å². The van der Waals surface area contributed by atoms with Crippen LogP contribution in [0.4, 0.5) is 13.2 Å². The van der Waals surface area contributed by atoms with Crippen LogP contribution < -0.4 is 5.32 Å². The molecule has 0 aliphatic carbocycles. The molecule has 1 saturated heterocycles. The number of benzene rings is 2. The number of piperazine rings is 1. The Morgan fingerprint density at radius 2 is 1.48 bits per heavy atom. The largest absolute Gasteiger partial charge is 0.416 e. The predicted molar refractivity (Wildman–Crippen MR) is 104 cm³/mol. The van der Waals surface area contributed by atoms with E-state index in [1.807, 2.05) is 12.1 Å². The second-order valence-corrected chi connectivity index (χ2v) is 7.14. The van der Waals surface area contributed by atoms with Gasteiger partial charge in [-0.1, -0.05) is 56.2 Å². The Morgan fingerprint density at radius 3 is 2.00 bits per heavy atom. The van der Waals surface area contributed by atoms with E-state index < -0.39 is 11.7 Å². The highest BCUT2D eigenvalue weighted by molar-refractivity contribution is 5.64. The topological polar surface area (TPSA) is 15.3 Å². The number of halogens is 3. The summed E-state index contributed by atoms with van der Waals surface area (Å²) in [5, 5.41) is 3.40. The summed E-state index contributed by atoms with van der Waals surface area (Å²) in [5.41, 5.74) is 2.44. The zero-order valence-electron chi connectivity index (χ0n) is 15.7. The molecule has 0 amide bonds. The molecular weight excluding hydrogens is 349 g/mol. The van der Waals surface area contributed by atoms with Gasteiger partial charge in [-0.3, -0.25) is 4.90 Å². The SMILES string of the molecule is CCCC[C@H](c1ccc(-c2ccc(C(F)(F)F)cc2)cc1)N1CCNCC1. The predicted octanol–water partition coefficient (Wildman–Crippen LogP) is 5.51. The van der Waals surface area contributed by atoms with Gasteiger partial charge in [0.1, 0.15) is 0 Å². The lowest BCUT2D eigenvalue weighted by Crippen LogP contribution is -2.45. The van der Waals surface area contributed by atoms with Crippen molar-refractivity contribution in [2.24, 2.45) is 0 Å². The third kappa shape index (κ3) is 5.11. The number of nitrogens with zero attached hydrogens (tertiary/aromatic N) is 1. The van der Waals surface area contributed by atoms with E-state index in [0.29, 0.717) is 6.04 Å². The molecule has 1 atom stereocenters. The molecule has 0 bridgehead atoms. The molecule has 1 aliphatic heterocycles. The fourth-order valence-electron chi connectivity index (χ4n) is 3.70. The van der Waals surface area contributed by atoms with Crippen LogP contribution in [0.2, 0.25) is 0 Å². The number of nitrogens with one attached hydrogen (secondary N) is 1. The van der Waals surface area contributed by atoms with Crippen molar-refractivity contribution in [2.45, 2.75) is 38.4 Å². The molecule has 1 N–H and O–H groups in total. The van der Waals surface area contributed by atoms with Gasteiger partial charge in [0.15, 0.2) is 0 Å². The van der Waals surface area contributed by atoms with Crippen LogP contribution in [0.3, 0.4) is 0 Å². The molecule has 0 radical (unpaired) electrons. The van der Waals surface area contributed by atoms with Gasteiger partial charge in [-0.15, -0.1) is 0 Å². The molecule has 0 aromatic heterocycles. The Kier molecular flexibility index (Phi) is 6.55. The van der Waals surface area contributed by atoms with E-state index in [2.05, 4.69) is 29.3 Å². The summed E-state index contributed by atoms with van der Waals surface area (Å²) in [6.45, 7) is 6.35. The van der Waals surface area contributed by atoms with Crippen molar-refractivity contribution >= 4 is 0 Å². The molecule has 2 nitrogen and oxygen atoms in total. The first kappa shape index (κ1) is 19.9. The molecule has 0 unspecified atom stereocenters. The number of unbranched alkanes of at least 4 members (excludes halogenated alkanes) is 1. The van der Waals surface area contributed by atoms with E-state index in [0.717, 1.165) is 55.9 Å². The van der Waals surface area contributed by atoms with Gasteiger partial charge in [0.2, 0.25) is 0 Å². The van der Waals surface area contributed by atoms with Crippen molar-refractivity contribution in [3.63, 3.8) is 0 Å². The molecule has 27 heavy (non-hydrogen) atoms. The minimum Gasteiger partial charge on any atom is -0.314 e. The van der Waals surface area contributed by atoms with Crippen LogP contribution in [0.1, 0.15) is 43.4 Å². The maximum atomic E-state index is 12.7. The first-order chi connectivity index (χ1) is 13.0. The van der Waals surface area contributed by atoms with Crippen LogP contribution in [-0.4, -0.2) is 31.1 Å². The monoisotopic (exact) mass is 376 g/mol. The van der Waals surface area contributed by atoms with Gasteiger partial charge in [0, 0.05) is 32.2 Å². The van der Waals surface area contributed by atoms with E-state index >= 15 is 0 Å². The third-order valence-electron chi connectivity index (χ3n) is 5.26. The van der Waals surface area contributed by atoms with Crippen molar-refractivity contribution in [3.05, 3.63) is 59.7 Å². The standard InChI is InChI=1S/C22H27F3N2/c1-2-3-4-21(27-15-13-26-14-16-27)19-7-5-17(6-8-19)18-9-11-20(12-10-18)22(23,24)25/h5-12,21,26H,2-4,13-16H2,1H3/t21-/m1/s1. The van der Waals surface area contributed by atoms with Crippen LogP contribution >= 0.6 is 0 Å². The summed E-state index contributed by atoms with van der Waals surface area (Å²) in [6.07, 6.45) is -0.796. The van der Waals surface area contributed by atoms with Gasteiger partial charge in [-0.25, -0.2) is 0 Å². The fraction of sp³-hybridized carbons (Fsp3) is 0.455. The summed E-state index contributed by atoms with van der Waals surface area (Å²) in [4.78, 5) is 2.54. The summed E-state index contributed by atoms with van der Waals surface area (Å²) < 4.78 is 38.2. The summed E-state index contributed by atoms with van der Waals surface area (Å²) in [6, 6.07) is 14.1. The molecule has 3 rings (SSSR count). The molecule has 5 heteroatoms. The Labute approximate surface area is 159 Å². The van der Waals surface area contributed by atoms with Crippen molar-refractivity contribution in [2.75, 3.05) is 26.2 Å². The molecule has 0 saturated carbocycles. The van der Waals surface area contributed by atoms with Gasteiger partial charge in [0.25, 0.3) is 0 Å². The van der Waals surface area contributed by atoms with Gasteiger partial charge < -0.3 is 5.32 Å². The molecule has 2 aromatic carbocycles. The van der Waals surface area contributed by atoms with Gasteiger partial charge >= 0.3 is 6.18 Å². The molecule has 0 spiro atoms. The molecule has 1 fully saturated rings. The Morgan fingerprint density at radius 1 is 0.926 bits per heavy atom. The number of alkyl halides is 3. The maximum absolute atomic E-state index is 12.7. The highest BCUT2D eigenvalue weighted by Gasteiger charge is 2.30. The lowest BCUT2D eigenvalue weighted by Gasteiger charge is -2.35. The van der Waals surface area contributed by atoms with Crippen LogP contribution in [-0.2, 0) is 6.18 Å². The van der Waals surface area contributed by atoms with Crippen molar-refractivity contribution < 1.29 is 13.2 Å². The van der Waals surface area contributed by atoms with Crippen molar-refractivity contribution in [1.82, 2.24) is 10.2 Å². The second-order valence-electron chi connectivity index (χ2n) is 7.14. The van der Waals surface area contributed by atoms with Crippen LogP contribution in [0.25, 0.3) is 11.1 Å². The second kappa shape index (κ2) is 8.89. The first-order valence-electron chi connectivity index (χ1n) is 9.71. The van der Waals surface area contributed by atoms with E-state index in [-0.39, 0.29) is 0 Å². The van der Waals surface area contributed by atoms with E-state index in [9.17, 15) is 13.2 Å². The normalized spacial score (nSPS) is 17.0. The van der Waals surface area contributed by atoms with Gasteiger partial charge in [-0.05, 0) is 35.2 Å². The number of rotatable bonds is 6. The Hall–Kier alpha value is -1.85. The highest BCUT2D eigenvalue weighted by atomic mass is 19.4. The van der Waals surface area contributed by atoms with Crippen molar-refractivity contribution in [1.29, 1.82) is 0 Å². The fourth-order valence-corrected chi connectivity index (χ4v) is 3.70. The third-order valence-corrected chi connectivity index (χ3v) is 5.26. The number of hydrogen-bond acceptors (Lipinski definition) is 2. The van der Waals surface area contributed by atoms with E-state index in [4.69, 9.17) is 0 Å². The van der Waals surface area contributed by atoms with Gasteiger partial charge in [0.05, 0.1) is 5.56 Å². The molecule has 1 heterocycles. The Bertz CT molecular complexity index is 702. The van der Waals surface area contributed by atoms with Crippen LogP contribution in [0.15, 0.2) is 48.5 Å². The summed E-state index contributed by atoms with van der Waals surface area (Å²) >= 11 is 0. The minimum atomic E-state index is -4.29. The maximum Gasteiger partial charge on any atom is 0.416 e. The van der Waals surface area contributed by atoms with Crippen molar-refractivity contribution in [3.8, 4) is 11.1 Å². The molecule has 2 aromatic rings. The Balaban J connectivity index is 1.77. The smallest absolute Gasteiger partial charge is 0.314 e. The zero-order chi connectivity index (χ0) is 19.3. The van der Waals surface area contributed by atoms with Gasteiger partial charge in [-0.2, -0.15) is 13.2 Å². The zero-order valence-corrected chi connectivity index (χ0v) is 15.7. The first-order valence-corrected chi connectivity index (χ1v) is 9.71. The minimum absolute atomic E-state index is 0.411. The molecular formula is C22H27F3N2. The molecule has 146 valence electrons. The average molecular weight is 376 g/mol. The summed E-state index contributed by atoms with van der Waals surface area (Å²) in [5.74, 6) is 0. The molecule has 1 aliphatic rings. The number of hydrogen-bond donors (Lipinski definition) is 1. The highest BCUT2D eigenvalue weighted by Crippen LogP contribution is 2.32. The van der Waals surface area contributed by atoms with E-state index in [1.165, 1.54) is 18.4 Å². The summed E-state index contributed by atoms with van der Waals surface area (Å²) in [7, 11) is 0. The lowest BCUT2D eigenvalue weighted by atomic mass is 9.96.